The van der Waals surface area contributed by atoms with Crippen molar-refractivity contribution in [2.75, 3.05) is 0 Å². The van der Waals surface area contributed by atoms with Gasteiger partial charge in [-0.1, -0.05) is 17.7 Å². The lowest BCUT2D eigenvalue weighted by molar-refractivity contribution is 0.297. The summed E-state index contributed by atoms with van der Waals surface area (Å²) in [7, 11) is 0. The van der Waals surface area contributed by atoms with Gasteiger partial charge in [-0.2, -0.15) is 0 Å². The maximum atomic E-state index is 5.96. The molecule has 2 rings (SSSR count). The van der Waals surface area contributed by atoms with Gasteiger partial charge in [0, 0.05) is 17.0 Å². The first-order valence-electron chi connectivity index (χ1n) is 5.96. The van der Waals surface area contributed by atoms with E-state index in [0.717, 1.165) is 22.0 Å². The predicted octanol–water partition coefficient (Wildman–Crippen LogP) is 3.36. The van der Waals surface area contributed by atoms with Crippen LogP contribution in [-0.2, 0) is 6.61 Å². The molecule has 0 saturated heterocycles. The van der Waals surface area contributed by atoms with Gasteiger partial charge >= 0.3 is 0 Å². The van der Waals surface area contributed by atoms with Crippen LogP contribution in [0.2, 0.25) is 0 Å². The molecule has 0 aliphatic heterocycles. The fraction of sp³-hybridized carbons (Fsp3) is 0.357. The molecule has 1 heterocycles. The number of thiazole rings is 1. The Kier molecular flexibility index (Phi) is 3.99. The molecule has 96 valence electrons. The molecule has 0 aliphatic carbocycles. The van der Waals surface area contributed by atoms with E-state index in [2.05, 4.69) is 18.0 Å². The van der Waals surface area contributed by atoms with Crippen LogP contribution in [0.1, 0.15) is 34.8 Å². The van der Waals surface area contributed by atoms with Gasteiger partial charge in [-0.15, -0.1) is 11.3 Å². The Morgan fingerprint density at radius 3 is 2.78 bits per heavy atom. The van der Waals surface area contributed by atoms with Crippen molar-refractivity contribution in [2.24, 2.45) is 5.73 Å². The molecule has 0 saturated carbocycles. The molecule has 2 aromatic rings. The third-order valence-electron chi connectivity index (χ3n) is 2.70. The van der Waals surface area contributed by atoms with Gasteiger partial charge in [-0.3, -0.25) is 0 Å². The summed E-state index contributed by atoms with van der Waals surface area (Å²) in [6.45, 7) is 6.51. The second kappa shape index (κ2) is 5.50. The zero-order chi connectivity index (χ0) is 13.1. The van der Waals surface area contributed by atoms with Gasteiger partial charge < -0.3 is 10.5 Å². The molecular formula is C14H18N2OS. The molecule has 1 unspecified atom stereocenters. The number of aromatic nitrogens is 1. The smallest absolute Gasteiger partial charge is 0.131 e. The first-order chi connectivity index (χ1) is 8.56. The Bertz CT molecular complexity index is 534. The summed E-state index contributed by atoms with van der Waals surface area (Å²) in [5.41, 5.74) is 9.17. The summed E-state index contributed by atoms with van der Waals surface area (Å²) in [6.07, 6.45) is 0. The van der Waals surface area contributed by atoms with Crippen LogP contribution in [0, 0.1) is 13.8 Å². The SMILES string of the molecule is Cc1ccc(OCc2csc(C)n2)c(C(C)N)c1. The highest BCUT2D eigenvalue weighted by atomic mass is 32.1. The van der Waals surface area contributed by atoms with Gasteiger partial charge in [0.25, 0.3) is 0 Å². The van der Waals surface area contributed by atoms with Crippen LogP contribution >= 0.6 is 11.3 Å². The highest BCUT2D eigenvalue weighted by Gasteiger charge is 2.09. The number of aryl methyl sites for hydroxylation is 2. The molecule has 2 N–H and O–H groups in total. The van der Waals surface area contributed by atoms with E-state index in [1.165, 1.54) is 5.56 Å². The Morgan fingerprint density at radius 2 is 2.17 bits per heavy atom. The maximum Gasteiger partial charge on any atom is 0.131 e. The van der Waals surface area contributed by atoms with E-state index in [1.54, 1.807) is 11.3 Å². The normalized spacial score (nSPS) is 12.4. The van der Waals surface area contributed by atoms with E-state index < -0.39 is 0 Å². The molecule has 0 fully saturated rings. The van der Waals surface area contributed by atoms with Gasteiger partial charge in [-0.05, 0) is 26.8 Å². The zero-order valence-corrected chi connectivity index (χ0v) is 11.8. The van der Waals surface area contributed by atoms with Crippen LogP contribution in [0.15, 0.2) is 23.6 Å². The van der Waals surface area contributed by atoms with Crippen LogP contribution in [0.25, 0.3) is 0 Å². The van der Waals surface area contributed by atoms with Crippen LogP contribution in [0.3, 0.4) is 0 Å². The molecule has 1 atom stereocenters. The second-order valence-corrected chi connectivity index (χ2v) is 5.54. The third kappa shape index (κ3) is 3.09. The van der Waals surface area contributed by atoms with Gasteiger partial charge in [0.2, 0.25) is 0 Å². The van der Waals surface area contributed by atoms with Gasteiger partial charge in [-0.25, -0.2) is 4.98 Å². The summed E-state index contributed by atoms with van der Waals surface area (Å²) in [5, 5.41) is 3.08. The molecule has 0 amide bonds. The average Bonchev–Trinajstić information content (AvgIpc) is 2.73. The van der Waals surface area contributed by atoms with E-state index in [1.807, 2.05) is 31.4 Å². The average molecular weight is 262 g/mol. The van der Waals surface area contributed by atoms with E-state index in [9.17, 15) is 0 Å². The minimum absolute atomic E-state index is 0.0305. The van der Waals surface area contributed by atoms with E-state index in [4.69, 9.17) is 10.5 Å². The standard InChI is InChI=1S/C14H18N2OS/c1-9-4-5-14(13(6-9)10(2)15)17-7-12-8-18-11(3)16-12/h4-6,8,10H,7,15H2,1-3H3. The highest BCUT2D eigenvalue weighted by Crippen LogP contribution is 2.26. The number of benzene rings is 1. The van der Waals surface area contributed by atoms with Gasteiger partial charge in [0.1, 0.15) is 12.4 Å². The fourth-order valence-electron chi connectivity index (χ4n) is 1.78. The minimum Gasteiger partial charge on any atom is -0.487 e. The molecule has 18 heavy (non-hydrogen) atoms. The van der Waals surface area contributed by atoms with E-state index in [0.29, 0.717) is 6.61 Å². The lowest BCUT2D eigenvalue weighted by Gasteiger charge is -2.14. The molecule has 1 aromatic heterocycles. The molecule has 0 bridgehead atoms. The van der Waals surface area contributed by atoms with Crippen LogP contribution in [0.5, 0.6) is 5.75 Å². The van der Waals surface area contributed by atoms with E-state index >= 15 is 0 Å². The van der Waals surface area contributed by atoms with Crippen molar-refractivity contribution >= 4 is 11.3 Å². The quantitative estimate of drug-likeness (QED) is 0.919. The summed E-state index contributed by atoms with van der Waals surface area (Å²) in [5.74, 6) is 0.848. The maximum absolute atomic E-state index is 5.96. The Labute approximate surface area is 112 Å². The van der Waals surface area contributed by atoms with Crippen molar-refractivity contribution in [1.82, 2.24) is 4.98 Å². The van der Waals surface area contributed by atoms with Crippen molar-refractivity contribution < 1.29 is 4.74 Å². The first kappa shape index (κ1) is 13.1. The minimum atomic E-state index is -0.0305. The predicted molar refractivity (Wildman–Crippen MR) is 75.0 cm³/mol. The molecule has 3 nitrogen and oxygen atoms in total. The van der Waals surface area contributed by atoms with Gasteiger partial charge in [0.15, 0.2) is 0 Å². The summed E-state index contributed by atoms with van der Waals surface area (Å²) >= 11 is 1.64. The lowest BCUT2D eigenvalue weighted by Crippen LogP contribution is -2.08. The molecular weight excluding hydrogens is 244 g/mol. The van der Waals surface area contributed by atoms with Crippen molar-refractivity contribution in [1.29, 1.82) is 0 Å². The monoisotopic (exact) mass is 262 g/mol. The van der Waals surface area contributed by atoms with Crippen molar-refractivity contribution in [3.63, 3.8) is 0 Å². The molecule has 4 heteroatoms. The number of hydrogen-bond acceptors (Lipinski definition) is 4. The summed E-state index contributed by atoms with van der Waals surface area (Å²) in [4.78, 5) is 4.38. The second-order valence-electron chi connectivity index (χ2n) is 4.48. The van der Waals surface area contributed by atoms with Crippen molar-refractivity contribution in [2.45, 2.75) is 33.4 Å². The van der Waals surface area contributed by atoms with Gasteiger partial charge in [0.05, 0.1) is 10.7 Å². The van der Waals surface area contributed by atoms with Crippen LogP contribution in [0.4, 0.5) is 0 Å². The lowest BCUT2D eigenvalue weighted by atomic mass is 10.1. The first-order valence-corrected chi connectivity index (χ1v) is 6.84. The van der Waals surface area contributed by atoms with Crippen LogP contribution in [-0.4, -0.2) is 4.98 Å². The number of nitrogens with zero attached hydrogens (tertiary/aromatic N) is 1. The number of ether oxygens (including phenoxy) is 1. The van der Waals surface area contributed by atoms with Crippen LogP contribution < -0.4 is 10.5 Å². The molecule has 0 radical (unpaired) electrons. The fourth-order valence-corrected chi connectivity index (χ4v) is 2.38. The molecule has 0 aliphatic rings. The summed E-state index contributed by atoms with van der Waals surface area (Å²) < 4.78 is 5.82. The highest BCUT2D eigenvalue weighted by molar-refractivity contribution is 7.09. The van der Waals surface area contributed by atoms with E-state index in [-0.39, 0.29) is 6.04 Å². The summed E-state index contributed by atoms with van der Waals surface area (Å²) in [6, 6.07) is 6.06. The number of nitrogens with two attached hydrogens (primary N) is 1. The zero-order valence-electron chi connectivity index (χ0n) is 10.9. The third-order valence-corrected chi connectivity index (χ3v) is 3.52. The Balaban J connectivity index is 2.13. The topological polar surface area (TPSA) is 48.1 Å². The Hall–Kier alpha value is -1.39. The largest absolute Gasteiger partial charge is 0.487 e. The molecule has 0 spiro atoms. The Morgan fingerprint density at radius 1 is 1.39 bits per heavy atom. The number of hydrogen-bond donors (Lipinski definition) is 1. The number of rotatable bonds is 4. The van der Waals surface area contributed by atoms with Crippen molar-refractivity contribution in [3.8, 4) is 5.75 Å². The van der Waals surface area contributed by atoms with Crippen molar-refractivity contribution in [3.05, 3.63) is 45.4 Å². The molecule has 1 aromatic carbocycles.